The van der Waals surface area contributed by atoms with Crippen LogP contribution in [0.1, 0.15) is 15.2 Å². The fourth-order valence-corrected chi connectivity index (χ4v) is 3.39. The summed E-state index contributed by atoms with van der Waals surface area (Å²) < 4.78 is 1.78. The molecule has 0 aliphatic carbocycles. The number of carbonyl (C=O) groups excluding carboxylic acids is 1. The molecule has 4 aromatic rings. The van der Waals surface area contributed by atoms with Crippen LogP contribution in [0.4, 0.5) is 0 Å². The molecule has 2 heterocycles. The molecule has 7 heteroatoms. The number of carbonyl (C=O) groups is 1. The zero-order valence-corrected chi connectivity index (χ0v) is 16.2. The smallest absolute Gasteiger partial charge is 0.266 e. The van der Waals surface area contributed by atoms with Crippen LogP contribution in [-0.2, 0) is 0 Å². The minimum atomic E-state index is -0.241. The molecule has 0 aliphatic rings. The predicted molar refractivity (Wildman–Crippen MR) is 113 cm³/mol. The zero-order chi connectivity index (χ0) is 19.3. The number of hydrazone groups is 1. The molecule has 1 amide bonds. The molecule has 0 saturated heterocycles. The lowest BCUT2D eigenvalue weighted by Gasteiger charge is -2.00. The summed E-state index contributed by atoms with van der Waals surface area (Å²) >= 11 is 7.37. The first-order valence-electron chi connectivity index (χ1n) is 8.48. The molecule has 0 spiro atoms. The molecule has 1 N–H and O–H groups in total. The van der Waals surface area contributed by atoms with E-state index >= 15 is 0 Å². The van der Waals surface area contributed by atoms with Gasteiger partial charge in [0, 0.05) is 22.3 Å². The minimum absolute atomic E-state index is 0.241. The average molecular weight is 407 g/mol. The third-order valence-corrected chi connectivity index (χ3v) is 5.12. The second-order valence-corrected chi connectivity index (χ2v) is 7.28. The number of benzene rings is 2. The number of nitrogens with one attached hydrogen (secondary N) is 1. The molecule has 0 saturated carbocycles. The van der Waals surface area contributed by atoms with E-state index < -0.39 is 0 Å². The van der Waals surface area contributed by atoms with E-state index in [4.69, 9.17) is 16.7 Å². The van der Waals surface area contributed by atoms with Crippen LogP contribution in [0.25, 0.3) is 16.9 Å². The molecular formula is C21H15ClN4OS. The molecular weight excluding hydrogens is 392 g/mol. The van der Waals surface area contributed by atoms with Crippen molar-refractivity contribution in [1.29, 1.82) is 0 Å². The van der Waals surface area contributed by atoms with Gasteiger partial charge in [-0.3, -0.25) is 4.79 Å². The first-order valence-corrected chi connectivity index (χ1v) is 9.74. The molecule has 0 atom stereocenters. The van der Waals surface area contributed by atoms with Gasteiger partial charge in [0.05, 0.1) is 16.8 Å². The number of thiophene rings is 1. The molecule has 28 heavy (non-hydrogen) atoms. The minimum Gasteiger partial charge on any atom is -0.266 e. The summed E-state index contributed by atoms with van der Waals surface area (Å²) in [6.07, 6.45) is 3.47. The summed E-state index contributed by atoms with van der Waals surface area (Å²) in [5.41, 5.74) is 5.91. The van der Waals surface area contributed by atoms with E-state index in [0.717, 1.165) is 22.5 Å². The number of hydrogen-bond acceptors (Lipinski definition) is 4. The number of halogens is 1. The van der Waals surface area contributed by atoms with Crippen LogP contribution in [0, 0.1) is 0 Å². The van der Waals surface area contributed by atoms with E-state index in [1.165, 1.54) is 11.3 Å². The quantitative estimate of drug-likeness (QED) is 0.373. The summed E-state index contributed by atoms with van der Waals surface area (Å²) in [6.45, 7) is 0. The fourth-order valence-electron chi connectivity index (χ4n) is 2.65. The topological polar surface area (TPSA) is 59.3 Å². The SMILES string of the molecule is O=C(N/N=C\c1cn(-c2ccccc2)nc1-c1ccc(Cl)cc1)c1cccs1. The zero-order valence-electron chi connectivity index (χ0n) is 14.6. The molecule has 0 radical (unpaired) electrons. The Balaban J connectivity index is 1.66. The highest BCUT2D eigenvalue weighted by molar-refractivity contribution is 7.12. The summed E-state index contributed by atoms with van der Waals surface area (Å²) in [4.78, 5) is 12.7. The van der Waals surface area contributed by atoms with E-state index in [1.807, 2.05) is 72.2 Å². The van der Waals surface area contributed by atoms with Crippen molar-refractivity contribution < 1.29 is 4.79 Å². The van der Waals surface area contributed by atoms with Crippen molar-refractivity contribution in [3.05, 3.63) is 93.8 Å². The number of nitrogens with zero attached hydrogens (tertiary/aromatic N) is 3. The number of para-hydroxylation sites is 1. The number of hydrogen-bond donors (Lipinski definition) is 1. The molecule has 0 bridgehead atoms. The normalized spacial score (nSPS) is 11.0. The number of aromatic nitrogens is 2. The molecule has 0 fully saturated rings. The highest BCUT2D eigenvalue weighted by Gasteiger charge is 2.11. The lowest BCUT2D eigenvalue weighted by molar-refractivity contribution is 0.0959. The van der Waals surface area contributed by atoms with E-state index in [2.05, 4.69) is 10.5 Å². The average Bonchev–Trinajstić information content (AvgIpc) is 3.40. The lowest BCUT2D eigenvalue weighted by Crippen LogP contribution is -2.16. The third kappa shape index (κ3) is 4.03. The molecule has 138 valence electrons. The van der Waals surface area contributed by atoms with Gasteiger partial charge in [0.15, 0.2) is 0 Å². The lowest BCUT2D eigenvalue weighted by atomic mass is 10.1. The summed E-state index contributed by atoms with van der Waals surface area (Å²) in [7, 11) is 0. The van der Waals surface area contributed by atoms with Crippen molar-refractivity contribution in [2.75, 3.05) is 0 Å². The standard InChI is InChI=1S/C21H15ClN4OS/c22-17-10-8-15(9-11-17)20-16(13-23-24-21(27)19-7-4-12-28-19)14-26(25-20)18-5-2-1-3-6-18/h1-14H,(H,24,27)/b23-13-. The summed E-state index contributed by atoms with van der Waals surface area (Å²) in [6, 6.07) is 20.8. The van der Waals surface area contributed by atoms with Crippen LogP contribution in [-0.4, -0.2) is 21.9 Å². The van der Waals surface area contributed by atoms with Crippen LogP contribution < -0.4 is 5.43 Å². The van der Waals surface area contributed by atoms with Crippen LogP contribution in [0.2, 0.25) is 5.02 Å². The van der Waals surface area contributed by atoms with Gasteiger partial charge in [0.25, 0.3) is 5.91 Å². The molecule has 2 aromatic heterocycles. The second kappa shape index (κ2) is 8.21. The van der Waals surface area contributed by atoms with Gasteiger partial charge in [-0.2, -0.15) is 10.2 Å². The number of amides is 1. The fraction of sp³-hybridized carbons (Fsp3) is 0. The maximum atomic E-state index is 12.1. The Labute approximate surface area is 170 Å². The van der Waals surface area contributed by atoms with Crippen molar-refractivity contribution in [2.45, 2.75) is 0 Å². The van der Waals surface area contributed by atoms with Gasteiger partial charge < -0.3 is 0 Å². The second-order valence-electron chi connectivity index (χ2n) is 5.90. The van der Waals surface area contributed by atoms with Gasteiger partial charge in [-0.25, -0.2) is 10.1 Å². The van der Waals surface area contributed by atoms with Gasteiger partial charge in [0.1, 0.15) is 5.69 Å². The Morgan fingerprint density at radius 3 is 2.57 bits per heavy atom. The van der Waals surface area contributed by atoms with Crippen molar-refractivity contribution >= 4 is 35.1 Å². The Morgan fingerprint density at radius 2 is 1.86 bits per heavy atom. The van der Waals surface area contributed by atoms with Crippen molar-refractivity contribution in [3.63, 3.8) is 0 Å². The third-order valence-electron chi connectivity index (χ3n) is 4.00. The molecule has 5 nitrogen and oxygen atoms in total. The van der Waals surface area contributed by atoms with E-state index in [-0.39, 0.29) is 5.91 Å². The van der Waals surface area contributed by atoms with E-state index in [1.54, 1.807) is 17.0 Å². The van der Waals surface area contributed by atoms with Crippen LogP contribution in [0.5, 0.6) is 0 Å². The van der Waals surface area contributed by atoms with Crippen molar-refractivity contribution in [1.82, 2.24) is 15.2 Å². The highest BCUT2D eigenvalue weighted by Crippen LogP contribution is 2.24. The number of rotatable bonds is 5. The van der Waals surface area contributed by atoms with Crippen molar-refractivity contribution in [2.24, 2.45) is 5.10 Å². The molecule has 2 aromatic carbocycles. The molecule has 0 aliphatic heterocycles. The van der Waals surface area contributed by atoms with Gasteiger partial charge >= 0.3 is 0 Å². The van der Waals surface area contributed by atoms with Crippen molar-refractivity contribution in [3.8, 4) is 16.9 Å². The first kappa shape index (κ1) is 18.2. The molecule has 0 unspecified atom stereocenters. The summed E-state index contributed by atoms with van der Waals surface area (Å²) in [5.74, 6) is -0.241. The Morgan fingerprint density at radius 1 is 1.07 bits per heavy atom. The molecule has 4 rings (SSSR count). The Bertz CT molecular complexity index is 1100. The van der Waals surface area contributed by atoms with Gasteiger partial charge in [-0.1, -0.05) is 48.0 Å². The van der Waals surface area contributed by atoms with Gasteiger partial charge in [-0.15, -0.1) is 11.3 Å². The van der Waals surface area contributed by atoms with Crippen LogP contribution >= 0.6 is 22.9 Å². The van der Waals surface area contributed by atoms with Crippen LogP contribution in [0.15, 0.2) is 83.4 Å². The highest BCUT2D eigenvalue weighted by atomic mass is 35.5. The largest absolute Gasteiger partial charge is 0.281 e. The van der Waals surface area contributed by atoms with Gasteiger partial charge in [0.2, 0.25) is 0 Å². The van der Waals surface area contributed by atoms with Crippen LogP contribution in [0.3, 0.4) is 0 Å². The van der Waals surface area contributed by atoms with E-state index in [0.29, 0.717) is 9.90 Å². The Hall–Kier alpha value is -3.22. The van der Waals surface area contributed by atoms with Gasteiger partial charge in [-0.05, 0) is 35.7 Å². The monoisotopic (exact) mass is 406 g/mol. The van der Waals surface area contributed by atoms with E-state index in [9.17, 15) is 4.79 Å². The first-order chi connectivity index (χ1) is 13.7. The maximum Gasteiger partial charge on any atom is 0.281 e. The predicted octanol–water partition coefficient (Wildman–Crippen LogP) is 5.02. The Kier molecular flexibility index (Phi) is 5.32. The maximum absolute atomic E-state index is 12.1. The summed E-state index contributed by atoms with van der Waals surface area (Å²) in [5, 5.41) is 11.3.